The number of nitrogens with zero attached hydrogens (tertiary/aromatic N) is 1. The number of rotatable bonds is 8. The van der Waals surface area contributed by atoms with Crippen molar-refractivity contribution in [2.24, 2.45) is 4.99 Å². The summed E-state index contributed by atoms with van der Waals surface area (Å²) in [5, 5.41) is 10.2. The number of hydrogen-bond acceptors (Lipinski definition) is 3. The van der Waals surface area contributed by atoms with E-state index in [2.05, 4.69) is 20.9 Å². The van der Waals surface area contributed by atoms with Crippen LogP contribution in [0.15, 0.2) is 23.2 Å². The van der Waals surface area contributed by atoms with Crippen molar-refractivity contribution in [3.63, 3.8) is 0 Å². The van der Waals surface area contributed by atoms with E-state index in [1.54, 1.807) is 14.2 Å². The Morgan fingerprint density at radius 3 is 2.57 bits per heavy atom. The Bertz CT molecular complexity index is 637. The average molecular weight is 523 g/mol. The molecule has 8 heteroatoms. The van der Waals surface area contributed by atoms with E-state index in [1.807, 2.05) is 18.2 Å². The molecule has 3 N–H and O–H groups in total. The third kappa shape index (κ3) is 8.86. The number of ether oxygens (including phenoxy) is 1. The van der Waals surface area contributed by atoms with Gasteiger partial charge in [-0.1, -0.05) is 36.9 Å². The molecule has 1 fully saturated rings. The minimum Gasteiger partial charge on any atom is -0.497 e. The number of methoxy groups -OCH3 is 1. The van der Waals surface area contributed by atoms with Gasteiger partial charge in [-0.3, -0.25) is 9.79 Å². The molecule has 158 valence electrons. The second-order valence-corrected chi connectivity index (χ2v) is 7.19. The van der Waals surface area contributed by atoms with Gasteiger partial charge in [0.05, 0.1) is 7.11 Å². The van der Waals surface area contributed by atoms with E-state index in [4.69, 9.17) is 16.3 Å². The minimum atomic E-state index is 0. The third-order valence-corrected chi connectivity index (χ3v) is 5.14. The van der Waals surface area contributed by atoms with Crippen LogP contribution in [0.4, 0.5) is 0 Å². The number of aliphatic imine (C=N–C) groups is 1. The molecule has 0 spiro atoms. The number of benzene rings is 1. The van der Waals surface area contributed by atoms with Crippen molar-refractivity contribution < 1.29 is 9.53 Å². The number of amides is 1. The molecule has 28 heavy (non-hydrogen) atoms. The molecule has 1 aliphatic carbocycles. The van der Waals surface area contributed by atoms with Gasteiger partial charge in [0.15, 0.2) is 5.96 Å². The Balaban J connectivity index is 0.00000392. The van der Waals surface area contributed by atoms with Crippen molar-refractivity contribution in [1.82, 2.24) is 16.0 Å². The van der Waals surface area contributed by atoms with Gasteiger partial charge in [0.1, 0.15) is 5.75 Å². The first-order chi connectivity index (χ1) is 13.1. The van der Waals surface area contributed by atoms with E-state index in [-0.39, 0.29) is 29.9 Å². The molecule has 0 heterocycles. The molecule has 0 radical (unpaired) electrons. The highest BCUT2D eigenvalue weighted by molar-refractivity contribution is 14.0. The number of halogens is 2. The molecule has 0 bridgehead atoms. The quantitative estimate of drug-likeness (QED) is 0.277. The summed E-state index contributed by atoms with van der Waals surface area (Å²) in [4.78, 5) is 16.2. The summed E-state index contributed by atoms with van der Waals surface area (Å²) >= 11 is 6.26. The number of carbonyl (C=O) groups excluding carboxylic acids is 1. The first kappa shape index (κ1) is 24.8. The van der Waals surface area contributed by atoms with Crippen molar-refractivity contribution in [2.75, 3.05) is 27.2 Å². The standard InChI is InChI=1S/C20H31ClN4O2.HI/c1-22-20(23-12-10-15-8-9-17(27-2)14-18(15)21)24-13-11-19(26)25-16-6-4-3-5-7-16;/h8-9,14,16H,3-7,10-13H2,1-2H3,(H,25,26)(H2,22,23,24);1H. The van der Waals surface area contributed by atoms with Crippen LogP contribution in [0.1, 0.15) is 44.1 Å². The van der Waals surface area contributed by atoms with Crippen LogP contribution in [0.2, 0.25) is 5.02 Å². The van der Waals surface area contributed by atoms with Gasteiger partial charge in [0.2, 0.25) is 5.91 Å². The van der Waals surface area contributed by atoms with E-state index < -0.39 is 0 Å². The maximum Gasteiger partial charge on any atom is 0.221 e. The van der Waals surface area contributed by atoms with Crippen molar-refractivity contribution in [2.45, 2.75) is 51.0 Å². The summed E-state index contributed by atoms with van der Waals surface area (Å²) in [5.74, 6) is 1.54. The maximum absolute atomic E-state index is 12.0. The summed E-state index contributed by atoms with van der Waals surface area (Å²) in [6.07, 6.45) is 7.16. The Hall–Kier alpha value is -1.22. The van der Waals surface area contributed by atoms with Crippen molar-refractivity contribution in [3.8, 4) is 5.75 Å². The summed E-state index contributed by atoms with van der Waals surface area (Å²) in [6.45, 7) is 1.25. The van der Waals surface area contributed by atoms with Gasteiger partial charge in [-0.15, -0.1) is 24.0 Å². The van der Waals surface area contributed by atoms with Crippen LogP contribution >= 0.6 is 35.6 Å². The number of guanidine groups is 1. The summed E-state index contributed by atoms with van der Waals surface area (Å²) in [7, 11) is 3.34. The normalized spacial score (nSPS) is 14.8. The fourth-order valence-electron chi connectivity index (χ4n) is 3.24. The molecular weight excluding hydrogens is 491 g/mol. The molecule has 1 saturated carbocycles. The zero-order valence-corrected chi connectivity index (χ0v) is 19.8. The third-order valence-electron chi connectivity index (χ3n) is 4.79. The highest BCUT2D eigenvalue weighted by Crippen LogP contribution is 2.22. The van der Waals surface area contributed by atoms with Crippen molar-refractivity contribution >= 4 is 47.4 Å². The maximum atomic E-state index is 12.0. The minimum absolute atomic E-state index is 0. The summed E-state index contributed by atoms with van der Waals surface area (Å²) in [6, 6.07) is 6.04. The van der Waals surface area contributed by atoms with E-state index in [1.165, 1.54) is 19.3 Å². The topological polar surface area (TPSA) is 74.8 Å². The molecule has 1 aliphatic rings. The van der Waals surface area contributed by atoms with Gasteiger partial charge in [0.25, 0.3) is 0 Å². The van der Waals surface area contributed by atoms with Gasteiger partial charge in [-0.05, 0) is 37.0 Å². The van der Waals surface area contributed by atoms with Gasteiger partial charge in [0, 0.05) is 37.6 Å². The van der Waals surface area contributed by atoms with Crippen LogP contribution in [0, 0.1) is 0 Å². The Labute approximate surface area is 190 Å². The molecule has 0 unspecified atom stereocenters. The van der Waals surface area contributed by atoms with Gasteiger partial charge >= 0.3 is 0 Å². The van der Waals surface area contributed by atoms with E-state index in [0.717, 1.165) is 30.6 Å². The van der Waals surface area contributed by atoms with E-state index in [9.17, 15) is 4.79 Å². The predicted molar refractivity (Wildman–Crippen MR) is 126 cm³/mol. The Morgan fingerprint density at radius 2 is 1.93 bits per heavy atom. The SMILES string of the molecule is CN=C(NCCC(=O)NC1CCCCC1)NCCc1ccc(OC)cc1Cl.I. The highest BCUT2D eigenvalue weighted by atomic mass is 127. The Morgan fingerprint density at radius 1 is 1.21 bits per heavy atom. The van der Waals surface area contributed by atoms with Gasteiger partial charge in [-0.25, -0.2) is 0 Å². The van der Waals surface area contributed by atoms with Crippen molar-refractivity contribution in [1.29, 1.82) is 0 Å². The zero-order chi connectivity index (χ0) is 19.5. The number of carbonyl (C=O) groups is 1. The van der Waals surface area contributed by atoms with Crippen LogP contribution < -0.4 is 20.7 Å². The lowest BCUT2D eigenvalue weighted by molar-refractivity contribution is -0.121. The second kappa shape index (κ2) is 13.9. The molecule has 0 aliphatic heterocycles. The van der Waals surface area contributed by atoms with E-state index in [0.29, 0.717) is 36.5 Å². The highest BCUT2D eigenvalue weighted by Gasteiger charge is 2.15. The average Bonchev–Trinajstić information content (AvgIpc) is 2.68. The van der Waals surface area contributed by atoms with Crippen LogP contribution in [0.25, 0.3) is 0 Å². The predicted octanol–water partition coefficient (Wildman–Crippen LogP) is 3.51. The smallest absolute Gasteiger partial charge is 0.221 e. The zero-order valence-electron chi connectivity index (χ0n) is 16.7. The van der Waals surface area contributed by atoms with Crippen LogP contribution in [-0.4, -0.2) is 45.2 Å². The lowest BCUT2D eigenvalue weighted by Gasteiger charge is -2.22. The largest absolute Gasteiger partial charge is 0.497 e. The van der Waals surface area contributed by atoms with Gasteiger partial charge in [-0.2, -0.15) is 0 Å². The fraction of sp³-hybridized carbons (Fsp3) is 0.600. The summed E-state index contributed by atoms with van der Waals surface area (Å²) < 4.78 is 5.16. The first-order valence-corrected chi connectivity index (χ1v) is 10.1. The molecule has 1 amide bonds. The monoisotopic (exact) mass is 522 g/mol. The lowest BCUT2D eigenvalue weighted by atomic mass is 9.95. The second-order valence-electron chi connectivity index (χ2n) is 6.79. The van der Waals surface area contributed by atoms with Crippen molar-refractivity contribution in [3.05, 3.63) is 28.8 Å². The molecule has 0 aromatic heterocycles. The molecule has 0 saturated heterocycles. The van der Waals surface area contributed by atoms with Gasteiger partial charge < -0.3 is 20.7 Å². The summed E-state index contributed by atoms with van der Waals surface area (Å²) in [5.41, 5.74) is 1.05. The molecular formula is C20H32ClIN4O2. The molecule has 1 aromatic rings. The van der Waals surface area contributed by atoms with Crippen LogP contribution in [-0.2, 0) is 11.2 Å². The Kier molecular flexibility index (Phi) is 12.3. The van der Waals surface area contributed by atoms with E-state index >= 15 is 0 Å². The molecule has 6 nitrogen and oxygen atoms in total. The van der Waals surface area contributed by atoms with Crippen LogP contribution in [0.5, 0.6) is 5.75 Å². The molecule has 0 atom stereocenters. The lowest BCUT2D eigenvalue weighted by Crippen LogP contribution is -2.41. The molecule has 1 aromatic carbocycles. The fourth-order valence-corrected chi connectivity index (χ4v) is 3.50. The first-order valence-electron chi connectivity index (χ1n) is 9.68. The van der Waals surface area contributed by atoms with Crippen LogP contribution in [0.3, 0.4) is 0 Å². The number of nitrogens with one attached hydrogen (secondary N) is 3. The molecule has 2 rings (SSSR count). The number of hydrogen-bond donors (Lipinski definition) is 3.